The normalized spacial score (nSPS) is 22.0. The molecule has 178 valence electrons. The number of hydrogen-bond acceptors (Lipinski definition) is 12. The summed E-state index contributed by atoms with van der Waals surface area (Å²) in [6, 6.07) is 1.04. The van der Waals surface area contributed by atoms with Gasteiger partial charge < -0.3 is 33.2 Å². The highest BCUT2D eigenvalue weighted by Crippen LogP contribution is 2.34. The standard InChI is InChI=1S/C18H24N2O12/c1-4-26-16(23)29-9-10-12(31-17(24)27-5-2)13(32-18(25)28-6-3)14(30-10)20-8-7-11(21)19-15(20)22/h7-8,10,12-14H,4-6,9H2,1-3H3,(H,19,21,22)/t10-,12-,13-,14-/m1/s1. The molecule has 4 atom stereocenters. The maximum Gasteiger partial charge on any atom is 0.508 e. The molecule has 0 bridgehead atoms. The summed E-state index contributed by atoms with van der Waals surface area (Å²) in [5.41, 5.74) is -1.56. The van der Waals surface area contributed by atoms with Gasteiger partial charge in [-0.1, -0.05) is 0 Å². The molecule has 1 aliphatic heterocycles. The Morgan fingerprint density at radius 1 is 0.906 bits per heavy atom. The van der Waals surface area contributed by atoms with Crippen LogP contribution in [-0.4, -0.2) is 72.8 Å². The molecule has 2 heterocycles. The van der Waals surface area contributed by atoms with Crippen molar-refractivity contribution in [2.24, 2.45) is 0 Å². The van der Waals surface area contributed by atoms with Crippen LogP contribution >= 0.6 is 0 Å². The molecule has 1 aliphatic rings. The third kappa shape index (κ3) is 6.47. The van der Waals surface area contributed by atoms with E-state index in [9.17, 15) is 24.0 Å². The molecule has 2 rings (SSSR count). The van der Waals surface area contributed by atoms with Crippen molar-refractivity contribution in [2.75, 3.05) is 26.4 Å². The van der Waals surface area contributed by atoms with Crippen molar-refractivity contribution in [1.29, 1.82) is 0 Å². The van der Waals surface area contributed by atoms with Gasteiger partial charge in [0.2, 0.25) is 0 Å². The van der Waals surface area contributed by atoms with Crippen LogP contribution in [0, 0.1) is 0 Å². The van der Waals surface area contributed by atoms with Crippen molar-refractivity contribution < 1.29 is 47.5 Å². The van der Waals surface area contributed by atoms with Gasteiger partial charge in [0.15, 0.2) is 18.4 Å². The van der Waals surface area contributed by atoms with Gasteiger partial charge in [-0.2, -0.15) is 0 Å². The Bertz CT molecular complexity index is 910. The molecular formula is C18H24N2O12. The number of nitrogens with one attached hydrogen (secondary N) is 1. The lowest BCUT2D eigenvalue weighted by atomic mass is 10.1. The summed E-state index contributed by atoms with van der Waals surface area (Å²) in [5, 5.41) is 0. The number of aromatic nitrogens is 2. The van der Waals surface area contributed by atoms with E-state index < -0.39 is 60.9 Å². The molecule has 1 fully saturated rings. The minimum atomic E-state index is -1.43. The van der Waals surface area contributed by atoms with E-state index in [2.05, 4.69) is 4.74 Å². The highest BCUT2D eigenvalue weighted by Gasteiger charge is 2.52. The van der Waals surface area contributed by atoms with E-state index in [1.807, 2.05) is 4.98 Å². The molecule has 1 saturated heterocycles. The second kappa shape index (κ2) is 11.7. The number of carbonyl (C=O) groups excluding carboxylic acids is 3. The molecule has 14 heteroatoms. The first-order valence-corrected chi connectivity index (χ1v) is 9.73. The van der Waals surface area contributed by atoms with Crippen LogP contribution in [0.4, 0.5) is 14.4 Å². The van der Waals surface area contributed by atoms with Gasteiger partial charge in [0.05, 0.1) is 19.8 Å². The molecule has 0 spiro atoms. The third-order valence-electron chi connectivity index (χ3n) is 4.03. The van der Waals surface area contributed by atoms with E-state index in [-0.39, 0.29) is 19.8 Å². The van der Waals surface area contributed by atoms with Crippen molar-refractivity contribution in [2.45, 2.75) is 45.3 Å². The number of aromatic amines is 1. The smallest absolute Gasteiger partial charge is 0.435 e. The van der Waals surface area contributed by atoms with Gasteiger partial charge in [-0.25, -0.2) is 19.2 Å². The number of rotatable bonds is 8. The molecule has 0 saturated carbocycles. The SMILES string of the molecule is CCOC(=O)OC[C@H]1O[C@@H](n2ccc(=O)[nH]c2=O)[C@H](OC(=O)OCC)[C@@H]1OC(=O)OCC. The summed E-state index contributed by atoms with van der Waals surface area (Å²) < 4.78 is 36.2. The molecule has 0 unspecified atom stereocenters. The molecule has 0 aliphatic carbocycles. The Morgan fingerprint density at radius 2 is 1.47 bits per heavy atom. The molecule has 32 heavy (non-hydrogen) atoms. The van der Waals surface area contributed by atoms with Gasteiger partial charge in [0.1, 0.15) is 12.7 Å². The van der Waals surface area contributed by atoms with Crippen molar-refractivity contribution in [1.82, 2.24) is 9.55 Å². The van der Waals surface area contributed by atoms with Gasteiger partial charge in [0.25, 0.3) is 5.56 Å². The van der Waals surface area contributed by atoms with E-state index in [1.165, 1.54) is 0 Å². The number of H-pyrrole nitrogens is 1. The fourth-order valence-corrected chi connectivity index (χ4v) is 2.80. The molecule has 0 amide bonds. The topological polar surface area (TPSA) is 171 Å². The maximum atomic E-state index is 12.3. The quantitative estimate of drug-likeness (QED) is 0.426. The maximum absolute atomic E-state index is 12.3. The Hall–Kier alpha value is -3.55. The molecule has 0 aromatic carbocycles. The third-order valence-corrected chi connectivity index (χ3v) is 4.03. The van der Waals surface area contributed by atoms with E-state index in [0.717, 1.165) is 16.8 Å². The predicted molar refractivity (Wildman–Crippen MR) is 102 cm³/mol. The number of carbonyl (C=O) groups is 3. The van der Waals surface area contributed by atoms with Crippen LogP contribution in [0.25, 0.3) is 0 Å². The lowest BCUT2D eigenvalue weighted by molar-refractivity contribution is -0.0707. The molecule has 0 radical (unpaired) electrons. The van der Waals surface area contributed by atoms with E-state index in [1.54, 1.807) is 20.8 Å². The molecule has 1 aromatic heterocycles. The van der Waals surface area contributed by atoms with Crippen molar-refractivity contribution in [3.63, 3.8) is 0 Å². The zero-order valence-electron chi connectivity index (χ0n) is 17.6. The lowest BCUT2D eigenvalue weighted by Gasteiger charge is -2.23. The molecule has 1 N–H and O–H groups in total. The van der Waals surface area contributed by atoms with Crippen molar-refractivity contribution in [3.8, 4) is 0 Å². The summed E-state index contributed by atoms with van der Waals surface area (Å²) in [4.78, 5) is 61.3. The van der Waals surface area contributed by atoms with Crippen molar-refractivity contribution in [3.05, 3.63) is 33.1 Å². The first-order chi connectivity index (χ1) is 15.3. The van der Waals surface area contributed by atoms with Gasteiger partial charge in [-0.15, -0.1) is 0 Å². The Balaban J connectivity index is 2.39. The average molecular weight is 460 g/mol. The Labute approximate surface area is 181 Å². The second-order valence-electron chi connectivity index (χ2n) is 6.11. The average Bonchev–Trinajstić information content (AvgIpc) is 3.04. The number of nitrogens with zero attached hydrogens (tertiary/aromatic N) is 1. The first kappa shape index (κ1) is 24.7. The Morgan fingerprint density at radius 3 is 2.03 bits per heavy atom. The largest absolute Gasteiger partial charge is 0.508 e. The Kier molecular flexibility index (Phi) is 9.07. The van der Waals surface area contributed by atoms with Crippen LogP contribution in [0.5, 0.6) is 0 Å². The minimum Gasteiger partial charge on any atom is -0.435 e. The van der Waals surface area contributed by atoms with Gasteiger partial charge >= 0.3 is 24.2 Å². The minimum absolute atomic E-state index is 0.0113. The number of ether oxygens (including phenoxy) is 7. The molecule has 1 aromatic rings. The van der Waals surface area contributed by atoms with Crippen LogP contribution in [0.1, 0.15) is 27.0 Å². The number of hydrogen-bond donors (Lipinski definition) is 1. The highest BCUT2D eigenvalue weighted by atomic mass is 16.8. The predicted octanol–water partition coefficient (Wildman–Crippen LogP) is 0.690. The van der Waals surface area contributed by atoms with Crippen LogP contribution in [0.3, 0.4) is 0 Å². The fourth-order valence-electron chi connectivity index (χ4n) is 2.80. The van der Waals surface area contributed by atoms with Crippen LogP contribution in [0.15, 0.2) is 21.9 Å². The second-order valence-corrected chi connectivity index (χ2v) is 6.11. The van der Waals surface area contributed by atoms with E-state index in [4.69, 9.17) is 28.4 Å². The fraction of sp³-hybridized carbons (Fsp3) is 0.611. The zero-order chi connectivity index (χ0) is 23.7. The van der Waals surface area contributed by atoms with Gasteiger partial charge in [-0.05, 0) is 20.8 Å². The highest BCUT2D eigenvalue weighted by molar-refractivity contribution is 5.62. The van der Waals surface area contributed by atoms with E-state index >= 15 is 0 Å². The summed E-state index contributed by atoms with van der Waals surface area (Å²) in [7, 11) is 0. The lowest BCUT2D eigenvalue weighted by Crippen LogP contribution is -2.43. The monoisotopic (exact) mass is 460 g/mol. The van der Waals surface area contributed by atoms with Crippen LogP contribution in [-0.2, 0) is 33.2 Å². The van der Waals surface area contributed by atoms with E-state index in [0.29, 0.717) is 0 Å². The summed E-state index contributed by atoms with van der Waals surface area (Å²) in [6.45, 7) is 4.19. The summed E-state index contributed by atoms with van der Waals surface area (Å²) >= 11 is 0. The first-order valence-electron chi connectivity index (χ1n) is 9.73. The molecular weight excluding hydrogens is 436 g/mol. The van der Waals surface area contributed by atoms with Crippen LogP contribution in [0.2, 0.25) is 0 Å². The van der Waals surface area contributed by atoms with Crippen LogP contribution < -0.4 is 11.2 Å². The summed E-state index contributed by atoms with van der Waals surface area (Å²) in [6.07, 6.45) is -7.55. The van der Waals surface area contributed by atoms with Gasteiger partial charge in [0, 0.05) is 12.3 Å². The van der Waals surface area contributed by atoms with Crippen molar-refractivity contribution >= 4 is 18.5 Å². The molecule has 14 nitrogen and oxygen atoms in total. The zero-order valence-corrected chi connectivity index (χ0v) is 17.6. The van der Waals surface area contributed by atoms with Gasteiger partial charge in [-0.3, -0.25) is 14.3 Å². The summed E-state index contributed by atoms with van der Waals surface area (Å²) in [5.74, 6) is 0.